The lowest BCUT2D eigenvalue weighted by Crippen LogP contribution is -2.59. The maximum atomic E-state index is 10.3. The van der Waals surface area contributed by atoms with Gasteiger partial charge in [-0.05, 0) is 140 Å². The molecule has 16 aromatic rings. The predicted octanol–water partition coefficient (Wildman–Crippen LogP) is 19.6. The summed E-state index contributed by atoms with van der Waals surface area (Å²) >= 11 is 0. The fourth-order valence-electron chi connectivity index (χ4n) is 14.9. The third kappa shape index (κ3) is 7.78. The molecule has 0 fully saturated rings. The van der Waals surface area contributed by atoms with Gasteiger partial charge in [0.25, 0.3) is 6.71 Å². The van der Waals surface area contributed by atoms with E-state index in [9.17, 15) is 5.26 Å². The molecule has 422 valence electrons. The SMILES string of the molecule is CC(C)(C)c1cccc(-n2c3ccccc3c3ccc(-c4cccc(-n5c6ccccc6c6ccccc65)c4N4c5ccc(-c6ccccc6)cc5B5c6cc(-c7ccccc7)ccc6Oc6cc(-n7c8ccccc8c8cc(C#N)ccc87)cc4c65)cc32)c1. The fraction of sp³-hybridized carbons (Fsp3) is 0.0482. The number of aromatic nitrogens is 3. The summed E-state index contributed by atoms with van der Waals surface area (Å²) in [5.74, 6) is 1.61. The average molecular weight is 1150 g/mol. The molecule has 0 amide bonds. The maximum absolute atomic E-state index is 10.3. The highest BCUT2D eigenvalue weighted by molar-refractivity contribution is 6.99. The van der Waals surface area contributed by atoms with Crippen molar-refractivity contribution >= 4 is 106 Å². The molecule has 0 atom stereocenters. The van der Waals surface area contributed by atoms with Gasteiger partial charge in [-0.15, -0.1) is 0 Å². The largest absolute Gasteiger partial charge is 0.458 e. The zero-order chi connectivity index (χ0) is 59.9. The van der Waals surface area contributed by atoms with Gasteiger partial charge in [-0.1, -0.05) is 215 Å². The fourth-order valence-corrected chi connectivity index (χ4v) is 14.9. The predicted molar refractivity (Wildman–Crippen MR) is 375 cm³/mol. The molecule has 0 spiro atoms. The van der Waals surface area contributed by atoms with Crippen LogP contribution in [-0.2, 0) is 5.41 Å². The number of nitriles is 1. The normalized spacial score (nSPS) is 12.6. The quantitative estimate of drug-likeness (QED) is 0.149. The van der Waals surface area contributed by atoms with E-state index >= 15 is 0 Å². The van der Waals surface area contributed by atoms with E-state index in [2.05, 4.69) is 318 Å². The molecule has 7 heteroatoms. The number of hydrogen-bond donors (Lipinski definition) is 0. The van der Waals surface area contributed by atoms with Gasteiger partial charge in [0.15, 0.2) is 0 Å². The minimum atomic E-state index is -0.248. The first-order chi connectivity index (χ1) is 44.2. The van der Waals surface area contributed by atoms with Crippen molar-refractivity contribution in [2.75, 3.05) is 4.90 Å². The Hall–Kier alpha value is -11.6. The van der Waals surface area contributed by atoms with Gasteiger partial charge in [0.05, 0.1) is 61.8 Å². The first kappa shape index (κ1) is 51.6. The monoisotopic (exact) mass is 1150 g/mol. The van der Waals surface area contributed by atoms with Crippen LogP contribution in [0.4, 0.5) is 17.1 Å². The summed E-state index contributed by atoms with van der Waals surface area (Å²) in [6.45, 7) is 6.62. The number of anilines is 3. The third-order valence-electron chi connectivity index (χ3n) is 19.0. The van der Waals surface area contributed by atoms with Crippen molar-refractivity contribution < 1.29 is 4.74 Å². The number of rotatable bonds is 7. The van der Waals surface area contributed by atoms with Gasteiger partial charge >= 0.3 is 0 Å². The van der Waals surface area contributed by atoms with Crippen molar-refractivity contribution in [3.8, 4) is 68.0 Å². The van der Waals surface area contributed by atoms with Crippen LogP contribution in [0.25, 0.3) is 116 Å². The van der Waals surface area contributed by atoms with E-state index in [0.29, 0.717) is 5.56 Å². The van der Waals surface area contributed by atoms with Gasteiger partial charge in [0, 0.05) is 61.0 Å². The Morgan fingerprint density at radius 3 is 1.57 bits per heavy atom. The lowest BCUT2D eigenvalue weighted by atomic mass is 9.34. The van der Waals surface area contributed by atoms with E-state index in [1.807, 2.05) is 12.1 Å². The Kier molecular flexibility index (Phi) is 11.3. The van der Waals surface area contributed by atoms with Gasteiger partial charge in [-0.2, -0.15) is 5.26 Å². The van der Waals surface area contributed by atoms with Crippen molar-refractivity contribution in [2.45, 2.75) is 26.2 Å². The van der Waals surface area contributed by atoms with E-state index in [1.54, 1.807) is 0 Å². The molecule has 90 heavy (non-hydrogen) atoms. The van der Waals surface area contributed by atoms with Gasteiger partial charge in [0.2, 0.25) is 0 Å². The molecule has 2 aliphatic rings. The smallest absolute Gasteiger partial charge is 0.256 e. The van der Waals surface area contributed by atoms with Crippen LogP contribution < -0.4 is 26.0 Å². The molecule has 5 heterocycles. The van der Waals surface area contributed by atoms with Crippen molar-refractivity contribution in [3.63, 3.8) is 0 Å². The number of fused-ring (bicyclic) bond motifs is 13. The minimum Gasteiger partial charge on any atom is -0.458 e. The Morgan fingerprint density at radius 1 is 0.356 bits per heavy atom. The summed E-state index contributed by atoms with van der Waals surface area (Å²) in [4.78, 5) is 2.58. The van der Waals surface area contributed by atoms with E-state index < -0.39 is 0 Å². The molecule has 6 nitrogen and oxygen atoms in total. The van der Waals surface area contributed by atoms with E-state index in [4.69, 9.17) is 4.74 Å². The Balaban J connectivity index is 0.990. The minimum absolute atomic E-state index is 0.0516. The second-order valence-corrected chi connectivity index (χ2v) is 25.1. The molecule has 0 radical (unpaired) electrons. The van der Waals surface area contributed by atoms with Crippen LogP contribution in [0.15, 0.2) is 285 Å². The highest BCUT2D eigenvalue weighted by Gasteiger charge is 2.44. The molecular weight excluding hydrogens is 1090 g/mol. The molecular formula is C83H56BN5O. The molecule has 0 N–H and O–H groups in total. The molecule has 18 rings (SSSR count). The van der Waals surface area contributed by atoms with Gasteiger partial charge in [-0.3, -0.25) is 0 Å². The van der Waals surface area contributed by atoms with Crippen LogP contribution in [0.3, 0.4) is 0 Å². The number of nitrogens with zero attached hydrogens (tertiary/aromatic N) is 5. The summed E-state index contributed by atoms with van der Waals surface area (Å²) in [5.41, 5.74) is 24.7. The lowest BCUT2D eigenvalue weighted by Gasteiger charge is -2.42. The van der Waals surface area contributed by atoms with Crippen molar-refractivity contribution in [3.05, 3.63) is 296 Å². The van der Waals surface area contributed by atoms with Crippen LogP contribution in [0.5, 0.6) is 11.5 Å². The zero-order valence-electron chi connectivity index (χ0n) is 49.9. The van der Waals surface area contributed by atoms with Crippen LogP contribution >= 0.6 is 0 Å². The topological polar surface area (TPSA) is 51.0 Å². The number of para-hydroxylation sites is 5. The Morgan fingerprint density at radius 2 is 0.911 bits per heavy atom. The summed E-state index contributed by atoms with van der Waals surface area (Å²) in [6.07, 6.45) is 0. The van der Waals surface area contributed by atoms with Gasteiger partial charge < -0.3 is 23.3 Å². The average Bonchev–Trinajstić information content (AvgIpc) is 0.773. The first-order valence-corrected chi connectivity index (χ1v) is 31.0. The van der Waals surface area contributed by atoms with Crippen LogP contribution in [0.1, 0.15) is 31.9 Å². The lowest BCUT2D eigenvalue weighted by molar-refractivity contribution is 0.487. The van der Waals surface area contributed by atoms with E-state index in [0.717, 1.165) is 134 Å². The Labute approximate surface area is 521 Å². The molecule has 13 aromatic carbocycles. The first-order valence-electron chi connectivity index (χ1n) is 31.0. The molecule has 0 aliphatic carbocycles. The van der Waals surface area contributed by atoms with Crippen LogP contribution in [-0.4, -0.2) is 20.4 Å². The zero-order valence-corrected chi connectivity index (χ0v) is 49.9. The van der Waals surface area contributed by atoms with Crippen molar-refractivity contribution in [1.29, 1.82) is 5.26 Å². The number of hydrogen-bond acceptors (Lipinski definition) is 3. The molecule has 0 unspecified atom stereocenters. The van der Waals surface area contributed by atoms with Gasteiger partial charge in [-0.25, -0.2) is 0 Å². The van der Waals surface area contributed by atoms with Gasteiger partial charge in [0.1, 0.15) is 11.5 Å². The summed E-state index contributed by atoms with van der Waals surface area (Å²) in [5, 5.41) is 17.2. The molecule has 2 aliphatic heterocycles. The standard InChI is InChI=1S/C83H56BN5O/c1-83(2,3)58-24-18-25-59(48-58)86-70-31-14-10-28-64(70)66-40-37-57(47-77(66)86)61-30-19-35-76(88-72-33-16-11-26-62(72)63-27-12-17-34-73(63)88)82(61)89-75-42-38-55(53-20-6-4-7-21-53)45-68(75)84-69-46-56(54-22-8-5-9-23-54)39-43-79(69)90-80-50-60(49-78(89)81(80)84)87-71-32-15-13-29-65(71)67-44-52(51-85)36-41-74(67)87/h4-50H,1-3H3. The summed E-state index contributed by atoms with van der Waals surface area (Å²) in [6, 6.07) is 107. The maximum Gasteiger partial charge on any atom is 0.256 e. The second kappa shape index (κ2) is 19.7. The van der Waals surface area contributed by atoms with Crippen molar-refractivity contribution in [1.82, 2.24) is 13.7 Å². The van der Waals surface area contributed by atoms with E-state index in [1.165, 1.54) is 32.6 Å². The molecule has 3 aromatic heterocycles. The summed E-state index contributed by atoms with van der Waals surface area (Å²) in [7, 11) is 0. The third-order valence-corrected chi connectivity index (χ3v) is 19.0. The summed E-state index contributed by atoms with van der Waals surface area (Å²) < 4.78 is 14.9. The molecule has 0 bridgehead atoms. The highest BCUT2D eigenvalue weighted by Crippen LogP contribution is 2.51. The van der Waals surface area contributed by atoms with Crippen LogP contribution in [0.2, 0.25) is 0 Å². The highest BCUT2D eigenvalue weighted by atomic mass is 16.5. The molecule has 0 saturated heterocycles. The molecule has 0 saturated carbocycles. The second-order valence-electron chi connectivity index (χ2n) is 25.1. The van der Waals surface area contributed by atoms with Crippen LogP contribution in [0, 0.1) is 11.3 Å². The number of benzene rings is 13. The number of ether oxygens (including phenoxy) is 1. The van der Waals surface area contributed by atoms with Crippen molar-refractivity contribution in [2.24, 2.45) is 0 Å². The Bertz CT molecular complexity index is 5670. The van der Waals surface area contributed by atoms with E-state index in [-0.39, 0.29) is 12.1 Å².